The largest absolute Gasteiger partial charge is 0.476 e. The van der Waals surface area contributed by atoms with Crippen LogP contribution in [-0.4, -0.2) is 38.4 Å². The predicted molar refractivity (Wildman–Crippen MR) is 78.3 cm³/mol. The summed E-state index contributed by atoms with van der Waals surface area (Å²) in [6.45, 7) is 0.497. The number of carboxylic acid groups (broad SMARTS) is 1. The van der Waals surface area contributed by atoms with Gasteiger partial charge in [-0.05, 0) is 11.4 Å². The molecule has 0 aliphatic rings. The lowest BCUT2D eigenvalue weighted by Gasteiger charge is -2.20. The Morgan fingerprint density at radius 3 is 2.64 bits per heavy atom. The lowest BCUT2D eigenvalue weighted by molar-refractivity contribution is 0.0663. The highest BCUT2D eigenvalue weighted by molar-refractivity contribution is 7.09. The second kappa shape index (κ2) is 7.28. The molecule has 2 aromatic heterocycles. The first-order valence-corrected chi connectivity index (χ1v) is 7.24. The molecule has 22 heavy (non-hydrogen) atoms. The normalized spacial score (nSPS) is 9.95. The van der Waals surface area contributed by atoms with Crippen molar-refractivity contribution in [2.24, 2.45) is 0 Å². The number of amides is 1. The number of aromatic carboxylic acids is 1. The van der Waals surface area contributed by atoms with E-state index in [0.29, 0.717) is 6.54 Å². The van der Waals surface area contributed by atoms with E-state index in [0.717, 1.165) is 4.88 Å². The molecule has 1 N–H and O–H groups in total. The Bertz CT molecular complexity index is 709. The smallest absolute Gasteiger partial charge is 0.356 e. The summed E-state index contributed by atoms with van der Waals surface area (Å²) in [4.78, 5) is 33.6. The van der Waals surface area contributed by atoms with Crippen molar-refractivity contribution in [2.75, 3.05) is 6.54 Å². The highest BCUT2D eigenvalue weighted by Gasteiger charge is 2.24. The van der Waals surface area contributed by atoms with Gasteiger partial charge in [0.05, 0.1) is 19.0 Å². The Kier molecular flexibility index (Phi) is 5.16. The zero-order chi connectivity index (χ0) is 15.9. The highest BCUT2D eigenvalue weighted by Crippen LogP contribution is 2.15. The number of carbonyl (C=O) groups is 2. The SMILES string of the molecule is N#CCCN(Cc1cccs1)C(=O)c1nccnc1C(=O)O. The lowest BCUT2D eigenvalue weighted by Crippen LogP contribution is -2.33. The summed E-state index contributed by atoms with van der Waals surface area (Å²) in [5.74, 6) is -1.86. The van der Waals surface area contributed by atoms with E-state index in [1.807, 2.05) is 23.6 Å². The van der Waals surface area contributed by atoms with Gasteiger partial charge in [-0.1, -0.05) is 6.07 Å². The van der Waals surface area contributed by atoms with Crippen LogP contribution in [0.15, 0.2) is 29.9 Å². The van der Waals surface area contributed by atoms with E-state index in [9.17, 15) is 9.59 Å². The lowest BCUT2D eigenvalue weighted by atomic mass is 10.2. The van der Waals surface area contributed by atoms with Gasteiger partial charge in [0.1, 0.15) is 0 Å². The van der Waals surface area contributed by atoms with Gasteiger partial charge in [0.15, 0.2) is 11.4 Å². The van der Waals surface area contributed by atoms with E-state index in [1.165, 1.54) is 28.6 Å². The van der Waals surface area contributed by atoms with Crippen molar-refractivity contribution < 1.29 is 14.7 Å². The molecule has 1 amide bonds. The fourth-order valence-electron chi connectivity index (χ4n) is 1.83. The third-order valence-electron chi connectivity index (χ3n) is 2.81. The minimum Gasteiger partial charge on any atom is -0.476 e. The zero-order valence-corrected chi connectivity index (χ0v) is 12.3. The second-order valence-electron chi connectivity index (χ2n) is 4.27. The topological polar surface area (TPSA) is 107 Å². The monoisotopic (exact) mass is 316 g/mol. The van der Waals surface area contributed by atoms with Gasteiger partial charge in [-0.3, -0.25) is 4.79 Å². The summed E-state index contributed by atoms with van der Waals surface area (Å²) in [5.41, 5.74) is -0.606. The van der Waals surface area contributed by atoms with Gasteiger partial charge in [-0.25, -0.2) is 14.8 Å². The molecule has 0 spiro atoms. The van der Waals surface area contributed by atoms with Crippen LogP contribution >= 0.6 is 11.3 Å². The summed E-state index contributed by atoms with van der Waals surface area (Å²) < 4.78 is 0. The van der Waals surface area contributed by atoms with E-state index in [1.54, 1.807) is 0 Å². The molecule has 0 unspecified atom stereocenters. The van der Waals surface area contributed by atoms with Crippen molar-refractivity contribution in [3.05, 3.63) is 46.2 Å². The van der Waals surface area contributed by atoms with E-state index >= 15 is 0 Å². The standard InChI is InChI=1S/C14H12N4O3S/c15-4-2-7-18(9-10-3-1-8-22-10)13(19)11-12(14(20)21)17-6-5-16-11/h1,3,5-6,8H,2,7,9H2,(H,20,21). The zero-order valence-electron chi connectivity index (χ0n) is 11.5. The van der Waals surface area contributed by atoms with Gasteiger partial charge in [0.2, 0.25) is 0 Å². The average molecular weight is 316 g/mol. The van der Waals surface area contributed by atoms with Crippen LogP contribution in [-0.2, 0) is 6.54 Å². The van der Waals surface area contributed by atoms with Crippen LogP contribution in [0.25, 0.3) is 0 Å². The molecule has 0 atom stereocenters. The first-order valence-electron chi connectivity index (χ1n) is 6.36. The summed E-state index contributed by atoms with van der Waals surface area (Å²) in [7, 11) is 0. The van der Waals surface area contributed by atoms with Gasteiger partial charge in [-0.15, -0.1) is 11.3 Å². The number of carboxylic acids is 1. The fraction of sp³-hybridized carbons (Fsp3) is 0.214. The summed E-state index contributed by atoms with van der Waals surface area (Å²) >= 11 is 1.48. The molecule has 7 nitrogen and oxygen atoms in total. The van der Waals surface area contributed by atoms with Crippen LogP contribution in [0.3, 0.4) is 0 Å². The molecular formula is C14H12N4O3S. The molecule has 2 heterocycles. The third-order valence-corrected chi connectivity index (χ3v) is 3.67. The first-order chi connectivity index (χ1) is 10.6. The molecule has 112 valence electrons. The average Bonchev–Trinajstić information content (AvgIpc) is 3.03. The Morgan fingerprint density at radius 2 is 2.05 bits per heavy atom. The second-order valence-corrected chi connectivity index (χ2v) is 5.31. The van der Waals surface area contributed by atoms with E-state index in [2.05, 4.69) is 9.97 Å². The van der Waals surface area contributed by atoms with E-state index in [-0.39, 0.29) is 24.4 Å². The third kappa shape index (κ3) is 3.65. The molecule has 2 rings (SSSR count). The Labute approximate surface area is 130 Å². The minimum atomic E-state index is -1.31. The van der Waals surface area contributed by atoms with E-state index < -0.39 is 11.9 Å². The predicted octanol–water partition coefficient (Wildman–Crippen LogP) is 1.79. The van der Waals surface area contributed by atoms with Gasteiger partial charge in [-0.2, -0.15) is 5.26 Å². The van der Waals surface area contributed by atoms with E-state index in [4.69, 9.17) is 10.4 Å². The van der Waals surface area contributed by atoms with Crippen LogP contribution in [0.5, 0.6) is 0 Å². The molecule has 2 aromatic rings. The number of hydrogen-bond donors (Lipinski definition) is 1. The molecule has 0 aliphatic carbocycles. The summed E-state index contributed by atoms with van der Waals surface area (Å²) in [6.07, 6.45) is 2.65. The Balaban J connectivity index is 2.29. The van der Waals surface area contributed by atoms with Crippen molar-refractivity contribution in [1.82, 2.24) is 14.9 Å². The molecule has 0 saturated heterocycles. The van der Waals surface area contributed by atoms with Crippen LogP contribution in [0.4, 0.5) is 0 Å². The van der Waals surface area contributed by atoms with Crippen LogP contribution in [0.1, 0.15) is 32.3 Å². The fourth-order valence-corrected chi connectivity index (χ4v) is 2.55. The Morgan fingerprint density at radius 1 is 1.32 bits per heavy atom. The molecule has 0 aliphatic heterocycles. The van der Waals surface area contributed by atoms with Crippen molar-refractivity contribution >= 4 is 23.2 Å². The van der Waals surface area contributed by atoms with Crippen molar-refractivity contribution in [2.45, 2.75) is 13.0 Å². The molecule has 8 heteroatoms. The number of hydrogen-bond acceptors (Lipinski definition) is 6. The summed E-state index contributed by atoms with van der Waals surface area (Å²) in [5, 5.41) is 19.7. The molecule has 0 radical (unpaired) electrons. The van der Waals surface area contributed by atoms with Crippen LogP contribution in [0, 0.1) is 11.3 Å². The van der Waals surface area contributed by atoms with Gasteiger partial charge in [0.25, 0.3) is 5.91 Å². The molecule has 0 aromatic carbocycles. The summed E-state index contributed by atoms with van der Waals surface area (Å²) in [6, 6.07) is 5.70. The first kappa shape index (κ1) is 15.6. The number of rotatable bonds is 6. The van der Waals surface area contributed by atoms with Crippen LogP contribution < -0.4 is 0 Å². The van der Waals surface area contributed by atoms with Gasteiger partial charge in [0, 0.05) is 23.8 Å². The number of thiophene rings is 1. The molecule has 0 bridgehead atoms. The van der Waals surface area contributed by atoms with Gasteiger partial charge < -0.3 is 10.0 Å². The molecular weight excluding hydrogens is 304 g/mol. The minimum absolute atomic E-state index is 0.153. The van der Waals surface area contributed by atoms with Crippen molar-refractivity contribution in [3.8, 4) is 6.07 Å². The quantitative estimate of drug-likeness (QED) is 0.870. The van der Waals surface area contributed by atoms with Gasteiger partial charge >= 0.3 is 5.97 Å². The molecule has 0 fully saturated rings. The maximum atomic E-state index is 12.6. The maximum Gasteiger partial charge on any atom is 0.356 e. The number of nitrogens with zero attached hydrogens (tertiary/aromatic N) is 4. The van der Waals surface area contributed by atoms with Crippen molar-refractivity contribution in [3.63, 3.8) is 0 Å². The Hall–Kier alpha value is -2.79. The maximum absolute atomic E-state index is 12.6. The number of carbonyl (C=O) groups excluding carboxylic acids is 1. The number of aromatic nitrogens is 2. The van der Waals surface area contributed by atoms with Crippen molar-refractivity contribution in [1.29, 1.82) is 5.26 Å². The molecule has 0 saturated carbocycles. The number of nitriles is 1. The highest BCUT2D eigenvalue weighted by atomic mass is 32.1. The van der Waals surface area contributed by atoms with Crippen LogP contribution in [0.2, 0.25) is 0 Å².